The molecule has 1 aliphatic rings. The van der Waals surface area contributed by atoms with Gasteiger partial charge in [0.25, 0.3) is 0 Å². The Kier molecular flexibility index (Phi) is 4.20. The molecule has 2 nitrogen and oxygen atoms in total. The van der Waals surface area contributed by atoms with Crippen LogP contribution in [-0.2, 0) is 5.41 Å². The van der Waals surface area contributed by atoms with Crippen molar-refractivity contribution < 1.29 is 4.74 Å². The summed E-state index contributed by atoms with van der Waals surface area (Å²) in [4.78, 5) is 4.49. The molecule has 0 spiro atoms. The fourth-order valence-corrected chi connectivity index (χ4v) is 3.95. The van der Waals surface area contributed by atoms with Crippen LogP contribution in [0.4, 0.5) is 0 Å². The van der Waals surface area contributed by atoms with Gasteiger partial charge in [0, 0.05) is 17.0 Å². The Morgan fingerprint density at radius 2 is 1.58 bits per heavy atom. The van der Waals surface area contributed by atoms with E-state index >= 15 is 0 Å². The smallest absolute Gasteiger partial charge is 0.221 e. The minimum atomic E-state index is 0.123. The molecule has 1 fully saturated rings. The summed E-state index contributed by atoms with van der Waals surface area (Å²) >= 11 is 0. The molecular weight excluding hydrogens is 294 g/mol. The van der Waals surface area contributed by atoms with E-state index in [9.17, 15) is 0 Å². The third kappa shape index (κ3) is 2.89. The number of ether oxygens (including phenoxy) is 1. The fraction of sp³-hybridized carbons (Fsp3) is 0.318. The Labute approximate surface area is 143 Å². The maximum absolute atomic E-state index is 6.31. The molecule has 2 heteroatoms. The van der Waals surface area contributed by atoms with Crippen molar-refractivity contribution in [3.8, 4) is 5.88 Å². The first-order chi connectivity index (χ1) is 11.9. The Hall–Kier alpha value is -2.35. The minimum absolute atomic E-state index is 0.123. The van der Waals surface area contributed by atoms with Crippen LogP contribution in [0.3, 0.4) is 0 Å². The number of pyridine rings is 1. The summed E-state index contributed by atoms with van der Waals surface area (Å²) in [5.41, 5.74) is 1.53. The average Bonchev–Trinajstić information content (AvgIpc) is 2.68. The van der Waals surface area contributed by atoms with Gasteiger partial charge in [-0.05, 0) is 35.9 Å². The van der Waals surface area contributed by atoms with E-state index in [0.717, 1.165) is 11.3 Å². The van der Waals surface area contributed by atoms with E-state index in [1.165, 1.54) is 43.1 Å². The van der Waals surface area contributed by atoms with Crippen molar-refractivity contribution in [3.63, 3.8) is 0 Å². The molecule has 0 radical (unpaired) electrons. The summed E-state index contributed by atoms with van der Waals surface area (Å²) in [7, 11) is 0. The number of hydrogen-bond acceptors (Lipinski definition) is 2. The Morgan fingerprint density at radius 3 is 2.42 bits per heavy atom. The van der Waals surface area contributed by atoms with Crippen LogP contribution in [0.5, 0.6) is 5.88 Å². The molecule has 1 heterocycles. The van der Waals surface area contributed by atoms with Gasteiger partial charge in [-0.1, -0.05) is 67.8 Å². The number of aromatic nitrogens is 1. The molecule has 122 valence electrons. The largest absolute Gasteiger partial charge is 0.476 e. The van der Waals surface area contributed by atoms with Crippen LogP contribution in [0.1, 0.15) is 37.7 Å². The molecule has 0 unspecified atom stereocenters. The van der Waals surface area contributed by atoms with E-state index in [0.29, 0.717) is 6.61 Å². The van der Waals surface area contributed by atoms with Crippen LogP contribution < -0.4 is 4.74 Å². The van der Waals surface area contributed by atoms with Gasteiger partial charge in [0.15, 0.2) is 0 Å². The second-order valence-electron chi connectivity index (χ2n) is 6.83. The zero-order chi connectivity index (χ0) is 16.2. The highest BCUT2D eigenvalue weighted by Gasteiger charge is 2.34. The quantitative estimate of drug-likeness (QED) is 0.632. The van der Waals surface area contributed by atoms with Gasteiger partial charge in [-0.15, -0.1) is 0 Å². The monoisotopic (exact) mass is 317 g/mol. The summed E-state index contributed by atoms with van der Waals surface area (Å²) in [5.74, 6) is 0.758. The molecule has 3 aromatic rings. The topological polar surface area (TPSA) is 22.1 Å². The van der Waals surface area contributed by atoms with Crippen LogP contribution in [-0.4, -0.2) is 11.6 Å². The molecule has 0 atom stereocenters. The van der Waals surface area contributed by atoms with E-state index in [1.54, 1.807) is 0 Å². The predicted octanol–water partition coefficient (Wildman–Crippen LogP) is 5.52. The second kappa shape index (κ2) is 6.64. The second-order valence-corrected chi connectivity index (χ2v) is 6.83. The molecule has 2 aromatic carbocycles. The van der Waals surface area contributed by atoms with Crippen LogP contribution >= 0.6 is 0 Å². The van der Waals surface area contributed by atoms with Crippen LogP contribution in [0.25, 0.3) is 10.8 Å². The van der Waals surface area contributed by atoms with Crippen molar-refractivity contribution in [2.75, 3.05) is 6.61 Å². The molecule has 4 rings (SSSR count). The Balaban J connectivity index is 1.64. The maximum Gasteiger partial charge on any atom is 0.221 e. The van der Waals surface area contributed by atoms with Crippen LogP contribution in [0.2, 0.25) is 0 Å². The van der Waals surface area contributed by atoms with E-state index in [-0.39, 0.29) is 5.41 Å². The summed E-state index contributed by atoms with van der Waals surface area (Å²) in [5, 5.41) is 2.28. The van der Waals surface area contributed by atoms with Gasteiger partial charge in [0.1, 0.15) is 0 Å². The molecule has 24 heavy (non-hydrogen) atoms. The molecule has 1 saturated carbocycles. The first-order valence-electron chi connectivity index (χ1n) is 8.90. The van der Waals surface area contributed by atoms with Crippen molar-refractivity contribution in [1.82, 2.24) is 4.98 Å². The molecule has 1 aliphatic carbocycles. The Bertz CT molecular complexity index is 801. The highest BCUT2D eigenvalue weighted by Crippen LogP contribution is 2.40. The van der Waals surface area contributed by atoms with E-state index in [1.807, 2.05) is 18.3 Å². The molecule has 0 amide bonds. The number of benzene rings is 2. The lowest BCUT2D eigenvalue weighted by atomic mass is 9.70. The van der Waals surface area contributed by atoms with Gasteiger partial charge in [-0.2, -0.15) is 0 Å². The lowest BCUT2D eigenvalue weighted by Gasteiger charge is -2.37. The highest BCUT2D eigenvalue weighted by molar-refractivity contribution is 5.86. The number of nitrogens with zero attached hydrogens (tertiary/aromatic N) is 1. The first-order valence-corrected chi connectivity index (χ1v) is 8.90. The summed E-state index contributed by atoms with van der Waals surface area (Å²) in [6.07, 6.45) is 8.13. The molecular formula is C22H23NO. The van der Waals surface area contributed by atoms with E-state index in [2.05, 4.69) is 53.5 Å². The van der Waals surface area contributed by atoms with Gasteiger partial charge >= 0.3 is 0 Å². The van der Waals surface area contributed by atoms with Crippen molar-refractivity contribution >= 4 is 10.8 Å². The zero-order valence-corrected chi connectivity index (χ0v) is 13.9. The SMILES string of the molecule is c1ccc(C2(COc3nccc4ccccc34)CCCCC2)cc1. The number of rotatable bonds is 4. The van der Waals surface area contributed by atoms with Gasteiger partial charge in [-0.3, -0.25) is 0 Å². The van der Waals surface area contributed by atoms with Crippen molar-refractivity contribution in [2.45, 2.75) is 37.5 Å². The van der Waals surface area contributed by atoms with Crippen LogP contribution in [0, 0.1) is 0 Å². The average molecular weight is 317 g/mol. The third-order valence-corrected chi connectivity index (χ3v) is 5.32. The molecule has 0 saturated heterocycles. The maximum atomic E-state index is 6.31. The normalized spacial score (nSPS) is 16.8. The fourth-order valence-electron chi connectivity index (χ4n) is 3.95. The molecule has 0 N–H and O–H groups in total. The van der Waals surface area contributed by atoms with Crippen molar-refractivity contribution in [2.24, 2.45) is 0 Å². The lowest BCUT2D eigenvalue weighted by molar-refractivity contribution is 0.166. The van der Waals surface area contributed by atoms with Gasteiger partial charge in [-0.25, -0.2) is 4.98 Å². The first kappa shape index (κ1) is 15.2. The third-order valence-electron chi connectivity index (χ3n) is 5.32. The lowest BCUT2D eigenvalue weighted by Crippen LogP contribution is -2.35. The number of fused-ring (bicyclic) bond motifs is 1. The van der Waals surface area contributed by atoms with E-state index < -0.39 is 0 Å². The van der Waals surface area contributed by atoms with Gasteiger partial charge in [0.05, 0.1) is 6.61 Å². The molecule has 1 aromatic heterocycles. The highest BCUT2D eigenvalue weighted by atomic mass is 16.5. The van der Waals surface area contributed by atoms with Crippen molar-refractivity contribution in [1.29, 1.82) is 0 Å². The molecule has 0 bridgehead atoms. The van der Waals surface area contributed by atoms with Gasteiger partial charge < -0.3 is 4.74 Å². The van der Waals surface area contributed by atoms with Gasteiger partial charge in [0.2, 0.25) is 5.88 Å². The minimum Gasteiger partial charge on any atom is -0.476 e. The Morgan fingerprint density at radius 1 is 0.833 bits per heavy atom. The summed E-state index contributed by atoms with van der Waals surface area (Å²) < 4.78 is 6.31. The van der Waals surface area contributed by atoms with Crippen molar-refractivity contribution in [3.05, 3.63) is 72.4 Å². The summed E-state index contributed by atoms with van der Waals surface area (Å²) in [6, 6.07) is 21.2. The number of hydrogen-bond donors (Lipinski definition) is 0. The zero-order valence-electron chi connectivity index (χ0n) is 13.9. The van der Waals surface area contributed by atoms with Crippen LogP contribution in [0.15, 0.2) is 66.9 Å². The predicted molar refractivity (Wildman–Crippen MR) is 98.4 cm³/mol. The van der Waals surface area contributed by atoms with E-state index in [4.69, 9.17) is 4.74 Å². The molecule has 0 aliphatic heterocycles. The standard InChI is InChI=1S/C22H23NO/c1-3-10-19(11-4-1)22(14-7-2-8-15-22)17-24-21-20-12-6-5-9-18(20)13-16-23-21/h1,3-6,9-13,16H,2,7-8,14-15,17H2. The summed E-state index contributed by atoms with van der Waals surface area (Å²) in [6.45, 7) is 0.706.